The smallest absolute Gasteiger partial charge is 0.257 e. The molecule has 7 heteroatoms. The number of carbonyl (C=O) groups excluding carboxylic acids is 2. The van der Waals surface area contributed by atoms with Crippen molar-refractivity contribution in [2.75, 3.05) is 10.6 Å². The van der Waals surface area contributed by atoms with Gasteiger partial charge >= 0.3 is 0 Å². The second-order valence-electron chi connectivity index (χ2n) is 10.1. The van der Waals surface area contributed by atoms with Gasteiger partial charge in [0.25, 0.3) is 5.91 Å². The average molecular weight is 482 g/mol. The van der Waals surface area contributed by atoms with Crippen LogP contribution in [0.2, 0.25) is 5.02 Å². The summed E-state index contributed by atoms with van der Waals surface area (Å²) in [6.07, 6.45) is 8.24. The Morgan fingerprint density at radius 1 is 0.909 bits per heavy atom. The number of benzene rings is 2. The minimum absolute atomic E-state index is 0.00220. The number of rotatable bonds is 5. The fraction of sp³-hybridized carbons (Fsp3) is 0.423. The minimum Gasteiger partial charge on any atom is -0.332 e. The van der Waals surface area contributed by atoms with E-state index in [0.29, 0.717) is 28.4 Å². The summed E-state index contributed by atoms with van der Waals surface area (Å²) in [6, 6.07) is 14.1. The first-order chi connectivity index (χ1) is 15.9. The summed E-state index contributed by atoms with van der Waals surface area (Å²) in [4.78, 5) is 25.3. The van der Waals surface area contributed by atoms with E-state index in [-0.39, 0.29) is 22.3 Å². The number of nitrogens with one attached hydrogen (secondary N) is 3. The minimum atomic E-state index is -0.288. The van der Waals surface area contributed by atoms with Crippen LogP contribution in [0.4, 0.5) is 11.4 Å². The van der Waals surface area contributed by atoms with Crippen molar-refractivity contribution in [3.63, 3.8) is 0 Å². The van der Waals surface area contributed by atoms with E-state index in [0.717, 1.165) is 17.8 Å². The lowest BCUT2D eigenvalue weighted by Crippen LogP contribution is -2.48. The van der Waals surface area contributed by atoms with Crippen LogP contribution < -0.4 is 16.0 Å². The predicted molar refractivity (Wildman–Crippen MR) is 135 cm³/mol. The number of anilines is 2. The maximum atomic E-state index is 12.8. The molecule has 2 aromatic rings. The van der Waals surface area contributed by atoms with Crippen molar-refractivity contribution in [3.8, 4) is 0 Å². The zero-order valence-electron chi connectivity index (χ0n) is 18.4. The van der Waals surface area contributed by atoms with Gasteiger partial charge in [0.15, 0.2) is 5.11 Å². The van der Waals surface area contributed by atoms with E-state index in [2.05, 4.69) is 16.0 Å². The summed E-state index contributed by atoms with van der Waals surface area (Å²) in [5, 5.41) is 9.46. The Hall–Kier alpha value is -2.44. The van der Waals surface area contributed by atoms with Crippen molar-refractivity contribution in [3.05, 3.63) is 59.1 Å². The summed E-state index contributed by atoms with van der Waals surface area (Å²) in [5.41, 5.74) is 1.88. The fourth-order valence-corrected chi connectivity index (χ4v) is 7.15. The monoisotopic (exact) mass is 481 g/mol. The van der Waals surface area contributed by atoms with Gasteiger partial charge in [0, 0.05) is 17.8 Å². The third-order valence-electron chi connectivity index (χ3n) is 7.45. The van der Waals surface area contributed by atoms with Crippen molar-refractivity contribution in [2.24, 2.45) is 23.2 Å². The summed E-state index contributed by atoms with van der Waals surface area (Å²) in [7, 11) is 0. The average Bonchev–Trinajstić information content (AvgIpc) is 2.72. The second kappa shape index (κ2) is 9.07. The van der Waals surface area contributed by atoms with Gasteiger partial charge in [0.1, 0.15) is 0 Å². The Kier molecular flexibility index (Phi) is 6.14. The Morgan fingerprint density at radius 2 is 1.52 bits per heavy atom. The molecule has 4 bridgehead atoms. The summed E-state index contributed by atoms with van der Waals surface area (Å²) in [5.74, 6) is 2.16. The first-order valence-electron chi connectivity index (χ1n) is 11.6. The van der Waals surface area contributed by atoms with Gasteiger partial charge in [-0.1, -0.05) is 29.8 Å². The number of hydrogen-bond donors (Lipinski definition) is 3. The Labute approximate surface area is 204 Å². The third kappa shape index (κ3) is 5.07. The SMILES string of the molecule is O=C(CC12CC3CC(CC(C3)C1)C2)NC(=S)Nc1cccc(NC(=O)c2ccccc2Cl)c1. The van der Waals surface area contributed by atoms with Crippen LogP contribution >= 0.6 is 23.8 Å². The van der Waals surface area contributed by atoms with Crippen molar-refractivity contribution in [2.45, 2.75) is 44.9 Å². The molecule has 0 atom stereocenters. The van der Waals surface area contributed by atoms with Crippen LogP contribution in [0.3, 0.4) is 0 Å². The molecule has 2 aromatic carbocycles. The molecule has 4 aliphatic carbocycles. The molecule has 0 radical (unpaired) electrons. The van der Waals surface area contributed by atoms with Gasteiger partial charge in [-0.05, 0) is 104 Å². The highest BCUT2D eigenvalue weighted by atomic mass is 35.5. The molecule has 4 saturated carbocycles. The number of hydrogen-bond acceptors (Lipinski definition) is 3. The zero-order chi connectivity index (χ0) is 23.0. The van der Waals surface area contributed by atoms with Crippen LogP contribution in [0.1, 0.15) is 55.3 Å². The van der Waals surface area contributed by atoms with Gasteiger partial charge in [-0.2, -0.15) is 0 Å². The van der Waals surface area contributed by atoms with E-state index in [9.17, 15) is 9.59 Å². The molecular formula is C26H28ClN3O2S. The van der Waals surface area contributed by atoms with Gasteiger partial charge < -0.3 is 16.0 Å². The Bertz CT molecular complexity index is 1070. The van der Waals surface area contributed by atoms with Crippen LogP contribution in [0.5, 0.6) is 0 Å². The number of amides is 2. The van der Waals surface area contributed by atoms with E-state index in [4.69, 9.17) is 23.8 Å². The van der Waals surface area contributed by atoms with Crippen LogP contribution in [0.25, 0.3) is 0 Å². The van der Waals surface area contributed by atoms with Crippen molar-refractivity contribution in [1.29, 1.82) is 0 Å². The van der Waals surface area contributed by atoms with Crippen molar-refractivity contribution >= 4 is 52.1 Å². The van der Waals surface area contributed by atoms with Crippen LogP contribution in [0.15, 0.2) is 48.5 Å². The molecule has 172 valence electrons. The van der Waals surface area contributed by atoms with E-state index >= 15 is 0 Å². The highest BCUT2D eigenvalue weighted by molar-refractivity contribution is 7.80. The topological polar surface area (TPSA) is 70.2 Å². The van der Waals surface area contributed by atoms with E-state index < -0.39 is 0 Å². The first kappa shape index (κ1) is 22.4. The third-order valence-corrected chi connectivity index (χ3v) is 7.98. The summed E-state index contributed by atoms with van der Waals surface area (Å²) in [6.45, 7) is 0. The molecule has 0 aromatic heterocycles. The molecule has 6 rings (SSSR count). The van der Waals surface area contributed by atoms with Crippen molar-refractivity contribution < 1.29 is 9.59 Å². The lowest BCUT2D eigenvalue weighted by Gasteiger charge is -2.56. The fourth-order valence-electron chi connectivity index (χ4n) is 6.70. The highest BCUT2D eigenvalue weighted by Crippen LogP contribution is 2.61. The van der Waals surface area contributed by atoms with E-state index in [1.165, 1.54) is 38.5 Å². The molecule has 0 spiro atoms. The molecule has 0 aliphatic heterocycles. The predicted octanol–water partition coefficient (Wildman–Crippen LogP) is 6.01. The Morgan fingerprint density at radius 3 is 2.15 bits per heavy atom. The van der Waals surface area contributed by atoms with Gasteiger partial charge in [-0.3, -0.25) is 9.59 Å². The molecule has 5 nitrogen and oxygen atoms in total. The lowest BCUT2D eigenvalue weighted by atomic mass is 9.49. The van der Waals surface area contributed by atoms with E-state index in [1.807, 2.05) is 12.1 Å². The summed E-state index contributed by atoms with van der Waals surface area (Å²) < 4.78 is 0. The van der Waals surface area contributed by atoms with Crippen LogP contribution in [-0.2, 0) is 4.79 Å². The van der Waals surface area contributed by atoms with Gasteiger partial charge in [-0.25, -0.2) is 0 Å². The first-order valence-corrected chi connectivity index (χ1v) is 12.4. The molecule has 33 heavy (non-hydrogen) atoms. The van der Waals surface area contributed by atoms with Crippen molar-refractivity contribution in [1.82, 2.24) is 5.32 Å². The number of thiocarbonyl (C=S) groups is 1. The largest absolute Gasteiger partial charge is 0.332 e. The number of halogens is 1. The molecular weight excluding hydrogens is 454 g/mol. The molecule has 4 fully saturated rings. The van der Waals surface area contributed by atoms with Gasteiger partial charge in [0.2, 0.25) is 5.91 Å². The van der Waals surface area contributed by atoms with Gasteiger partial charge in [-0.15, -0.1) is 0 Å². The maximum absolute atomic E-state index is 12.8. The highest BCUT2D eigenvalue weighted by Gasteiger charge is 2.51. The second-order valence-corrected chi connectivity index (χ2v) is 10.9. The number of carbonyl (C=O) groups is 2. The standard InChI is InChI=1S/C26H28ClN3O2S/c27-22-7-2-1-6-21(22)24(32)28-19-4-3-5-20(11-19)29-25(33)30-23(31)15-26-12-16-8-17(13-26)10-18(9-16)14-26/h1-7,11,16-18H,8-10,12-15H2,(H,28,32)(H2,29,30,31,33). The van der Waals surface area contributed by atoms with Gasteiger partial charge in [0.05, 0.1) is 10.6 Å². The Balaban J connectivity index is 1.16. The van der Waals surface area contributed by atoms with Crippen LogP contribution in [-0.4, -0.2) is 16.9 Å². The van der Waals surface area contributed by atoms with E-state index in [1.54, 1.807) is 36.4 Å². The molecule has 2 amide bonds. The molecule has 0 heterocycles. The van der Waals surface area contributed by atoms with Crippen LogP contribution in [0, 0.1) is 23.2 Å². The molecule has 4 aliphatic rings. The normalized spacial score (nSPS) is 27.1. The maximum Gasteiger partial charge on any atom is 0.257 e. The molecule has 3 N–H and O–H groups in total. The quantitative estimate of drug-likeness (QED) is 0.457. The molecule has 0 unspecified atom stereocenters. The zero-order valence-corrected chi connectivity index (χ0v) is 20.0. The molecule has 0 saturated heterocycles. The summed E-state index contributed by atoms with van der Waals surface area (Å²) >= 11 is 11.5. The lowest BCUT2D eigenvalue weighted by molar-refractivity contribution is -0.127.